The fourth-order valence-electron chi connectivity index (χ4n) is 1.38. The summed E-state index contributed by atoms with van der Waals surface area (Å²) in [5, 5.41) is 18.3. The molecule has 0 saturated heterocycles. The fourth-order valence-corrected chi connectivity index (χ4v) is 1.38. The van der Waals surface area contributed by atoms with Crippen LogP contribution in [0, 0.1) is 11.5 Å². The van der Waals surface area contributed by atoms with Crippen LogP contribution in [0.15, 0.2) is 30.5 Å². The first-order valence-corrected chi connectivity index (χ1v) is 3.96. The highest BCUT2D eigenvalue weighted by Gasteiger charge is 2.19. The normalized spacial score (nSPS) is 19.4. The SMILES string of the molecule is N#CN1C=Cc2ccccc2C1O. The molecular formula is C10H8N2O. The molecule has 1 heterocycles. The van der Waals surface area contributed by atoms with Crippen molar-refractivity contribution in [3.63, 3.8) is 0 Å². The first-order chi connectivity index (χ1) is 6.33. The van der Waals surface area contributed by atoms with Gasteiger partial charge in [-0.05, 0) is 11.6 Å². The molecule has 1 atom stereocenters. The monoisotopic (exact) mass is 172 g/mol. The molecule has 0 spiro atoms. The Labute approximate surface area is 76.1 Å². The smallest absolute Gasteiger partial charge is 0.186 e. The van der Waals surface area contributed by atoms with E-state index in [1.807, 2.05) is 36.5 Å². The van der Waals surface area contributed by atoms with Crippen molar-refractivity contribution in [1.82, 2.24) is 4.90 Å². The third-order valence-electron chi connectivity index (χ3n) is 2.07. The van der Waals surface area contributed by atoms with Crippen LogP contribution in [0.25, 0.3) is 6.08 Å². The molecular weight excluding hydrogens is 164 g/mol. The Morgan fingerprint density at radius 3 is 2.92 bits per heavy atom. The molecule has 64 valence electrons. The lowest BCUT2D eigenvalue weighted by Crippen LogP contribution is -2.21. The molecule has 0 amide bonds. The van der Waals surface area contributed by atoms with Gasteiger partial charge in [-0.1, -0.05) is 24.3 Å². The zero-order valence-corrected chi connectivity index (χ0v) is 6.88. The molecule has 0 aromatic heterocycles. The van der Waals surface area contributed by atoms with Gasteiger partial charge in [0, 0.05) is 11.8 Å². The summed E-state index contributed by atoms with van der Waals surface area (Å²) in [6.45, 7) is 0. The van der Waals surface area contributed by atoms with Crippen molar-refractivity contribution >= 4 is 6.08 Å². The Morgan fingerprint density at radius 1 is 1.38 bits per heavy atom. The van der Waals surface area contributed by atoms with E-state index in [0.717, 1.165) is 11.1 Å². The minimum Gasteiger partial charge on any atom is -0.368 e. The molecule has 0 fully saturated rings. The molecule has 0 aliphatic carbocycles. The summed E-state index contributed by atoms with van der Waals surface area (Å²) in [6, 6.07) is 7.46. The van der Waals surface area contributed by atoms with E-state index in [9.17, 15) is 5.11 Å². The van der Waals surface area contributed by atoms with E-state index in [1.54, 1.807) is 6.20 Å². The zero-order chi connectivity index (χ0) is 9.26. The Morgan fingerprint density at radius 2 is 2.15 bits per heavy atom. The predicted molar refractivity (Wildman–Crippen MR) is 47.9 cm³/mol. The van der Waals surface area contributed by atoms with Gasteiger partial charge < -0.3 is 5.11 Å². The number of aliphatic hydroxyl groups excluding tert-OH is 1. The largest absolute Gasteiger partial charge is 0.368 e. The third-order valence-corrected chi connectivity index (χ3v) is 2.07. The second-order valence-corrected chi connectivity index (χ2v) is 2.83. The van der Waals surface area contributed by atoms with Gasteiger partial charge in [0.1, 0.15) is 0 Å². The molecule has 0 radical (unpaired) electrons. The van der Waals surface area contributed by atoms with Crippen molar-refractivity contribution in [3.05, 3.63) is 41.6 Å². The molecule has 0 bridgehead atoms. The Hall–Kier alpha value is -1.79. The van der Waals surface area contributed by atoms with Crippen LogP contribution in [0.5, 0.6) is 0 Å². The van der Waals surface area contributed by atoms with Crippen molar-refractivity contribution in [2.24, 2.45) is 0 Å². The zero-order valence-electron chi connectivity index (χ0n) is 6.88. The number of fused-ring (bicyclic) bond motifs is 1. The first kappa shape index (κ1) is 7.84. The van der Waals surface area contributed by atoms with Gasteiger partial charge in [0.05, 0.1) is 0 Å². The minimum absolute atomic E-state index is 0.770. The van der Waals surface area contributed by atoms with Crippen LogP contribution in [0.1, 0.15) is 17.4 Å². The van der Waals surface area contributed by atoms with Crippen LogP contribution < -0.4 is 0 Å². The Balaban J connectivity index is 2.49. The van der Waals surface area contributed by atoms with Gasteiger partial charge in [-0.2, -0.15) is 5.26 Å². The lowest BCUT2D eigenvalue weighted by Gasteiger charge is -2.24. The molecule has 1 aliphatic rings. The van der Waals surface area contributed by atoms with E-state index in [4.69, 9.17) is 5.26 Å². The topological polar surface area (TPSA) is 47.3 Å². The lowest BCUT2D eigenvalue weighted by atomic mass is 10.0. The number of hydrogen-bond donors (Lipinski definition) is 1. The molecule has 2 rings (SSSR count). The standard InChI is InChI=1S/C10H8N2O/c11-7-12-6-5-8-3-1-2-4-9(8)10(12)13/h1-6,10,13H. The maximum atomic E-state index is 9.67. The van der Waals surface area contributed by atoms with E-state index in [0.29, 0.717) is 0 Å². The number of nitrogens with zero attached hydrogens (tertiary/aromatic N) is 2. The minimum atomic E-state index is -0.841. The number of nitriles is 1. The predicted octanol–water partition coefficient (Wildman–Crippen LogP) is 1.44. The molecule has 1 N–H and O–H groups in total. The quantitative estimate of drug-likeness (QED) is 0.602. The third kappa shape index (κ3) is 1.17. The van der Waals surface area contributed by atoms with Crippen LogP contribution >= 0.6 is 0 Å². The van der Waals surface area contributed by atoms with Crippen LogP contribution in [0.4, 0.5) is 0 Å². The number of rotatable bonds is 0. The summed E-state index contributed by atoms with van der Waals surface area (Å²) in [4.78, 5) is 1.21. The van der Waals surface area contributed by atoms with E-state index < -0.39 is 6.23 Å². The molecule has 1 aromatic carbocycles. The molecule has 1 aromatic rings. The highest BCUT2D eigenvalue weighted by Crippen LogP contribution is 2.26. The van der Waals surface area contributed by atoms with Gasteiger partial charge in [-0.3, -0.25) is 4.90 Å². The average Bonchev–Trinajstić information content (AvgIpc) is 2.19. The van der Waals surface area contributed by atoms with Crippen LogP contribution in [-0.4, -0.2) is 10.0 Å². The van der Waals surface area contributed by atoms with Crippen molar-refractivity contribution in [2.45, 2.75) is 6.23 Å². The first-order valence-electron chi connectivity index (χ1n) is 3.96. The van der Waals surface area contributed by atoms with Gasteiger partial charge in [-0.25, -0.2) is 0 Å². The number of aliphatic hydroxyl groups is 1. The maximum Gasteiger partial charge on any atom is 0.186 e. The number of benzene rings is 1. The van der Waals surface area contributed by atoms with E-state index in [-0.39, 0.29) is 0 Å². The van der Waals surface area contributed by atoms with Crippen LogP contribution in [0.3, 0.4) is 0 Å². The van der Waals surface area contributed by atoms with Gasteiger partial charge in [0.2, 0.25) is 0 Å². The van der Waals surface area contributed by atoms with Crippen molar-refractivity contribution in [3.8, 4) is 6.19 Å². The average molecular weight is 172 g/mol. The molecule has 3 nitrogen and oxygen atoms in total. The number of hydrogen-bond acceptors (Lipinski definition) is 3. The summed E-state index contributed by atoms with van der Waals surface area (Å²) in [5.74, 6) is 0. The highest BCUT2D eigenvalue weighted by molar-refractivity contribution is 5.56. The summed E-state index contributed by atoms with van der Waals surface area (Å²) in [6.07, 6.45) is 4.44. The van der Waals surface area contributed by atoms with E-state index >= 15 is 0 Å². The Bertz CT molecular complexity index is 392. The summed E-state index contributed by atoms with van der Waals surface area (Å²) in [5.41, 5.74) is 1.73. The molecule has 3 heteroatoms. The van der Waals surface area contributed by atoms with Gasteiger partial charge in [0.25, 0.3) is 0 Å². The lowest BCUT2D eigenvalue weighted by molar-refractivity contribution is 0.0720. The summed E-state index contributed by atoms with van der Waals surface area (Å²) >= 11 is 0. The molecule has 13 heavy (non-hydrogen) atoms. The van der Waals surface area contributed by atoms with Crippen molar-refractivity contribution in [2.75, 3.05) is 0 Å². The van der Waals surface area contributed by atoms with E-state index in [1.165, 1.54) is 4.90 Å². The Kier molecular flexibility index (Phi) is 1.76. The van der Waals surface area contributed by atoms with Gasteiger partial charge >= 0.3 is 0 Å². The van der Waals surface area contributed by atoms with Crippen LogP contribution in [-0.2, 0) is 0 Å². The fraction of sp³-hybridized carbons (Fsp3) is 0.100. The summed E-state index contributed by atoms with van der Waals surface area (Å²) in [7, 11) is 0. The van der Waals surface area contributed by atoms with E-state index in [2.05, 4.69) is 0 Å². The van der Waals surface area contributed by atoms with Crippen LogP contribution in [0.2, 0.25) is 0 Å². The van der Waals surface area contributed by atoms with Gasteiger partial charge in [0.15, 0.2) is 12.4 Å². The van der Waals surface area contributed by atoms with Crippen molar-refractivity contribution in [1.29, 1.82) is 5.26 Å². The molecule has 1 aliphatic heterocycles. The maximum absolute atomic E-state index is 9.67. The van der Waals surface area contributed by atoms with Gasteiger partial charge in [-0.15, -0.1) is 0 Å². The van der Waals surface area contributed by atoms with Crippen molar-refractivity contribution < 1.29 is 5.11 Å². The molecule has 1 unspecified atom stereocenters. The second kappa shape index (κ2) is 2.92. The molecule has 0 saturated carbocycles. The highest BCUT2D eigenvalue weighted by atomic mass is 16.3. The second-order valence-electron chi connectivity index (χ2n) is 2.83. The summed E-state index contributed by atoms with van der Waals surface area (Å²) < 4.78 is 0.